The second-order valence-electron chi connectivity index (χ2n) is 5.28. The van der Waals surface area contributed by atoms with Gasteiger partial charge in [0, 0.05) is 25.1 Å². The number of carbonyl (C=O) groups excluding carboxylic acids is 2. The van der Waals surface area contributed by atoms with E-state index in [0.29, 0.717) is 12.1 Å². The summed E-state index contributed by atoms with van der Waals surface area (Å²) in [6.07, 6.45) is 0.193. The number of amides is 2. The average molecular weight is 314 g/mol. The molecular weight excluding hydrogens is 295 g/mol. The Morgan fingerprint density at radius 3 is 2.48 bits per heavy atom. The number of aryl methyl sites for hydroxylation is 1. The smallest absolute Gasteiger partial charge is 0.251 e. The minimum Gasteiger partial charge on any atom is -0.352 e. The van der Waals surface area contributed by atoms with Crippen molar-refractivity contribution in [3.05, 3.63) is 71.0 Å². The average Bonchev–Trinajstić information content (AvgIpc) is 2.54. The van der Waals surface area contributed by atoms with Crippen molar-refractivity contribution in [3.8, 4) is 0 Å². The SMILES string of the molecule is Cc1cccc(C(=O)NCCC(=O)NCc2ccc(F)cc2)c1. The van der Waals surface area contributed by atoms with Crippen LogP contribution in [0.5, 0.6) is 0 Å². The standard InChI is InChI=1S/C18H19FN2O2/c1-13-3-2-4-15(11-13)18(23)20-10-9-17(22)21-12-14-5-7-16(19)8-6-14/h2-8,11H,9-10,12H2,1H3,(H,20,23)(H,21,22). The first-order chi connectivity index (χ1) is 11.0. The molecule has 0 aliphatic rings. The van der Waals surface area contributed by atoms with Crippen LogP contribution in [0.2, 0.25) is 0 Å². The molecule has 120 valence electrons. The van der Waals surface area contributed by atoms with E-state index in [4.69, 9.17) is 0 Å². The second-order valence-corrected chi connectivity index (χ2v) is 5.28. The van der Waals surface area contributed by atoms with E-state index >= 15 is 0 Å². The zero-order valence-electron chi connectivity index (χ0n) is 12.9. The van der Waals surface area contributed by atoms with E-state index < -0.39 is 0 Å². The molecule has 0 saturated carbocycles. The molecule has 0 aromatic heterocycles. The van der Waals surface area contributed by atoms with E-state index in [1.54, 1.807) is 24.3 Å². The lowest BCUT2D eigenvalue weighted by Crippen LogP contribution is -2.30. The maximum atomic E-state index is 12.8. The van der Waals surface area contributed by atoms with Crippen LogP contribution in [0.25, 0.3) is 0 Å². The summed E-state index contributed by atoms with van der Waals surface area (Å²) in [4.78, 5) is 23.6. The highest BCUT2D eigenvalue weighted by molar-refractivity contribution is 5.94. The molecule has 0 atom stereocenters. The number of carbonyl (C=O) groups is 2. The first-order valence-corrected chi connectivity index (χ1v) is 7.40. The summed E-state index contributed by atoms with van der Waals surface area (Å²) in [5, 5.41) is 5.44. The molecule has 0 aliphatic carbocycles. The molecule has 2 aromatic rings. The third-order valence-electron chi connectivity index (χ3n) is 3.32. The molecule has 0 spiro atoms. The molecule has 2 rings (SSSR count). The third kappa shape index (κ3) is 5.54. The maximum Gasteiger partial charge on any atom is 0.251 e. The fourth-order valence-corrected chi connectivity index (χ4v) is 2.07. The van der Waals surface area contributed by atoms with Crippen LogP contribution in [0.3, 0.4) is 0 Å². The third-order valence-corrected chi connectivity index (χ3v) is 3.32. The Kier molecular flexibility index (Phi) is 5.86. The molecular formula is C18H19FN2O2. The largest absolute Gasteiger partial charge is 0.352 e. The highest BCUT2D eigenvalue weighted by Crippen LogP contribution is 2.04. The Balaban J connectivity index is 1.70. The Labute approximate surface area is 134 Å². The Bertz CT molecular complexity index is 684. The van der Waals surface area contributed by atoms with Crippen LogP contribution >= 0.6 is 0 Å². The summed E-state index contributed by atoms with van der Waals surface area (Å²) in [6, 6.07) is 13.2. The molecule has 2 amide bonds. The van der Waals surface area contributed by atoms with Gasteiger partial charge >= 0.3 is 0 Å². The van der Waals surface area contributed by atoms with Crippen molar-refractivity contribution in [3.63, 3.8) is 0 Å². The lowest BCUT2D eigenvalue weighted by atomic mass is 10.1. The van der Waals surface area contributed by atoms with Crippen LogP contribution < -0.4 is 10.6 Å². The number of benzene rings is 2. The van der Waals surface area contributed by atoms with Gasteiger partial charge in [0.25, 0.3) is 5.91 Å². The van der Waals surface area contributed by atoms with Gasteiger partial charge in [0.2, 0.25) is 5.91 Å². The quantitative estimate of drug-likeness (QED) is 0.861. The van der Waals surface area contributed by atoms with Crippen LogP contribution in [0.15, 0.2) is 48.5 Å². The van der Waals surface area contributed by atoms with Crippen molar-refractivity contribution < 1.29 is 14.0 Å². The number of hydrogen-bond acceptors (Lipinski definition) is 2. The van der Waals surface area contributed by atoms with Gasteiger partial charge in [-0.1, -0.05) is 29.8 Å². The fourth-order valence-electron chi connectivity index (χ4n) is 2.07. The van der Waals surface area contributed by atoms with Gasteiger partial charge in [-0.2, -0.15) is 0 Å². The predicted molar refractivity (Wildman–Crippen MR) is 86.4 cm³/mol. The highest BCUT2D eigenvalue weighted by Gasteiger charge is 2.06. The molecule has 0 heterocycles. The Hall–Kier alpha value is -2.69. The van der Waals surface area contributed by atoms with Crippen LogP contribution in [-0.4, -0.2) is 18.4 Å². The van der Waals surface area contributed by atoms with Crippen molar-refractivity contribution in [1.29, 1.82) is 0 Å². The number of rotatable bonds is 6. The monoisotopic (exact) mass is 314 g/mol. The summed E-state index contributed by atoms with van der Waals surface area (Å²) in [5.74, 6) is -0.669. The second kappa shape index (κ2) is 8.08. The van der Waals surface area contributed by atoms with Gasteiger partial charge in [-0.3, -0.25) is 9.59 Å². The molecule has 2 aromatic carbocycles. The van der Waals surface area contributed by atoms with Crippen LogP contribution in [0.1, 0.15) is 27.9 Å². The first kappa shape index (κ1) is 16.7. The van der Waals surface area contributed by atoms with Crippen molar-refractivity contribution in [2.24, 2.45) is 0 Å². The van der Waals surface area contributed by atoms with Crippen LogP contribution in [0.4, 0.5) is 4.39 Å². The molecule has 0 fully saturated rings. The minimum absolute atomic E-state index is 0.168. The predicted octanol–water partition coefficient (Wildman–Crippen LogP) is 2.57. The van der Waals surface area contributed by atoms with Gasteiger partial charge in [-0.15, -0.1) is 0 Å². The van der Waals surface area contributed by atoms with Gasteiger partial charge in [-0.05, 0) is 36.8 Å². The number of halogens is 1. The van der Waals surface area contributed by atoms with Crippen LogP contribution in [0, 0.1) is 12.7 Å². The minimum atomic E-state index is -0.307. The summed E-state index contributed by atoms with van der Waals surface area (Å²) in [7, 11) is 0. The van der Waals surface area contributed by atoms with E-state index in [1.807, 2.05) is 19.1 Å². The molecule has 2 N–H and O–H groups in total. The van der Waals surface area contributed by atoms with Crippen molar-refractivity contribution in [1.82, 2.24) is 10.6 Å². The molecule has 0 radical (unpaired) electrons. The van der Waals surface area contributed by atoms with Crippen molar-refractivity contribution >= 4 is 11.8 Å². The summed E-state index contributed by atoms with van der Waals surface area (Å²) in [6.45, 7) is 2.52. The number of hydrogen-bond donors (Lipinski definition) is 2. The van der Waals surface area contributed by atoms with Crippen molar-refractivity contribution in [2.45, 2.75) is 19.9 Å². The lowest BCUT2D eigenvalue weighted by molar-refractivity contribution is -0.121. The summed E-state index contributed by atoms with van der Waals surface area (Å²) in [5.41, 5.74) is 2.41. The fraction of sp³-hybridized carbons (Fsp3) is 0.222. The molecule has 0 aliphatic heterocycles. The van der Waals surface area contributed by atoms with E-state index in [0.717, 1.165) is 11.1 Å². The normalized spacial score (nSPS) is 10.2. The van der Waals surface area contributed by atoms with Gasteiger partial charge in [0.05, 0.1) is 0 Å². The van der Waals surface area contributed by atoms with E-state index in [2.05, 4.69) is 10.6 Å². The van der Waals surface area contributed by atoms with Crippen LogP contribution in [-0.2, 0) is 11.3 Å². The lowest BCUT2D eigenvalue weighted by Gasteiger charge is -2.07. The van der Waals surface area contributed by atoms with Crippen molar-refractivity contribution in [2.75, 3.05) is 6.54 Å². The van der Waals surface area contributed by atoms with E-state index in [1.165, 1.54) is 12.1 Å². The molecule has 23 heavy (non-hydrogen) atoms. The maximum absolute atomic E-state index is 12.8. The topological polar surface area (TPSA) is 58.2 Å². The highest BCUT2D eigenvalue weighted by atomic mass is 19.1. The summed E-state index contributed by atoms with van der Waals surface area (Å²) >= 11 is 0. The Morgan fingerprint density at radius 2 is 1.78 bits per heavy atom. The molecule has 0 unspecified atom stereocenters. The molecule has 5 heteroatoms. The molecule has 0 saturated heterocycles. The molecule has 0 bridgehead atoms. The molecule has 4 nitrogen and oxygen atoms in total. The van der Waals surface area contributed by atoms with E-state index in [9.17, 15) is 14.0 Å². The van der Waals surface area contributed by atoms with Gasteiger partial charge in [-0.25, -0.2) is 4.39 Å². The Morgan fingerprint density at radius 1 is 1.04 bits per heavy atom. The zero-order valence-corrected chi connectivity index (χ0v) is 12.9. The van der Waals surface area contributed by atoms with Gasteiger partial charge < -0.3 is 10.6 Å². The zero-order chi connectivity index (χ0) is 16.7. The first-order valence-electron chi connectivity index (χ1n) is 7.40. The number of nitrogens with one attached hydrogen (secondary N) is 2. The van der Waals surface area contributed by atoms with Gasteiger partial charge in [0.1, 0.15) is 5.82 Å². The van der Waals surface area contributed by atoms with Gasteiger partial charge in [0.15, 0.2) is 0 Å². The van der Waals surface area contributed by atoms with E-state index in [-0.39, 0.29) is 30.6 Å². The summed E-state index contributed by atoms with van der Waals surface area (Å²) < 4.78 is 12.8.